The van der Waals surface area contributed by atoms with Gasteiger partial charge in [-0.3, -0.25) is 0 Å². The van der Waals surface area contributed by atoms with Crippen molar-refractivity contribution in [2.75, 3.05) is 4.90 Å². The smallest absolute Gasteiger partial charge is 0.335 e. The predicted molar refractivity (Wildman–Crippen MR) is 69.7 cm³/mol. The van der Waals surface area contributed by atoms with Crippen LogP contribution >= 0.6 is 0 Å². The summed E-state index contributed by atoms with van der Waals surface area (Å²) in [6.07, 6.45) is 0. The number of carbonyl (C=O) groups is 1. The van der Waals surface area contributed by atoms with E-state index in [1.807, 2.05) is 12.1 Å². The number of carboxylic acid groups (broad SMARTS) is 1. The second-order valence-corrected chi connectivity index (χ2v) is 4.48. The molecular formula is C15H13NO2. The molecule has 90 valence electrons. The Hall–Kier alpha value is -2.29. The van der Waals surface area contributed by atoms with Gasteiger partial charge in [0, 0.05) is 18.8 Å². The zero-order valence-electron chi connectivity index (χ0n) is 9.84. The van der Waals surface area contributed by atoms with Gasteiger partial charge in [-0.2, -0.15) is 0 Å². The van der Waals surface area contributed by atoms with E-state index >= 15 is 0 Å². The number of fused-ring (bicyclic) bond motifs is 1. The molecule has 1 heterocycles. The number of aromatic carboxylic acids is 1. The van der Waals surface area contributed by atoms with Gasteiger partial charge in [-0.05, 0) is 35.4 Å². The highest BCUT2D eigenvalue weighted by Crippen LogP contribution is 2.27. The molecule has 3 rings (SSSR count). The fraction of sp³-hybridized carbons (Fsp3) is 0.133. The lowest BCUT2D eigenvalue weighted by atomic mass is 10.1. The Morgan fingerprint density at radius 3 is 2.00 bits per heavy atom. The molecule has 1 aliphatic rings. The van der Waals surface area contributed by atoms with Crippen LogP contribution in [0.1, 0.15) is 21.5 Å². The van der Waals surface area contributed by atoms with Crippen molar-refractivity contribution in [1.82, 2.24) is 0 Å². The molecule has 0 bridgehead atoms. The first kappa shape index (κ1) is 10.8. The van der Waals surface area contributed by atoms with Crippen LogP contribution in [0.4, 0.5) is 5.69 Å². The van der Waals surface area contributed by atoms with Crippen LogP contribution < -0.4 is 4.90 Å². The topological polar surface area (TPSA) is 40.5 Å². The molecule has 3 heteroatoms. The lowest BCUT2D eigenvalue weighted by molar-refractivity contribution is 0.0697. The normalized spacial score (nSPS) is 13.4. The van der Waals surface area contributed by atoms with Gasteiger partial charge in [0.2, 0.25) is 0 Å². The Labute approximate surface area is 105 Å². The van der Waals surface area contributed by atoms with Gasteiger partial charge in [0.25, 0.3) is 0 Å². The second kappa shape index (κ2) is 4.18. The summed E-state index contributed by atoms with van der Waals surface area (Å²) >= 11 is 0. The fourth-order valence-electron chi connectivity index (χ4n) is 2.33. The summed E-state index contributed by atoms with van der Waals surface area (Å²) < 4.78 is 0. The van der Waals surface area contributed by atoms with Crippen LogP contribution in [0.2, 0.25) is 0 Å². The highest BCUT2D eigenvalue weighted by molar-refractivity contribution is 5.88. The van der Waals surface area contributed by atoms with Crippen molar-refractivity contribution >= 4 is 11.7 Å². The van der Waals surface area contributed by atoms with Crippen molar-refractivity contribution in [1.29, 1.82) is 0 Å². The van der Waals surface area contributed by atoms with Crippen molar-refractivity contribution in [3.05, 3.63) is 65.2 Å². The van der Waals surface area contributed by atoms with Gasteiger partial charge in [-0.15, -0.1) is 0 Å². The Balaban J connectivity index is 1.84. The molecule has 0 saturated heterocycles. The highest BCUT2D eigenvalue weighted by Gasteiger charge is 2.18. The standard InChI is InChI=1S/C15H13NO2/c17-15(18)11-5-7-14(8-6-11)16-9-12-3-1-2-4-13(12)10-16/h1-8H,9-10H2,(H,17,18). The van der Waals surface area contributed by atoms with Crippen molar-refractivity contribution in [3.8, 4) is 0 Å². The molecule has 0 aliphatic carbocycles. The van der Waals surface area contributed by atoms with Crippen molar-refractivity contribution in [2.45, 2.75) is 13.1 Å². The molecule has 0 amide bonds. The van der Waals surface area contributed by atoms with E-state index in [1.165, 1.54) is 11.1 Å². The quantitative estimate of drug-likeness (QED) is 0.876. The number of benzene rings is 2. The maximum absolute atomic E-state index is 10.8. The van der Waals surface area contributed by atoms with E-state index in [2.05, 4.69) is 29.2 Å². The van der Waals surface area contributed by atoms with E-state index in [-0.39, 0.29) is 0 Å². The molecule has 3 nitrogen and oxygen atoms in total. The molecule has 1 N–H and O–H groups in total. The van der Waals surface area contributed by atoms with Gasteiger partial charge >= 0.3 is 5.97 Å². The lowest BCUT2D eigenvalue weighted by Gasteiger charge is -2.17. The third kappa shape index (κ3) is 1.84. The second-order valence-electron chi connectivity index (χ2n) is 4.48. The molecule has 0 unspecified atom stereocenters. The summed E-state index contributed by atoms with van der Waals surface area (Å²) in [4.78, 5) is 13.0. The van der Waals surface area contributed by atoms with E-state index in [1.54, 1.807) is 12.1 Å². The average Bonchev–Trinajstić information content (AvgIpc) is 2.82. The van der Waals surface area contributed by atoms with Crippen LogP contribution in [0, 0.1) is 0 Å². The highest BCUT2D eigenvalue weighted by atomic mass is 16.4. The van der Waals surface area contributed by atoms with Crippen LogP contribution in [0.3, 0.4) is 0 Å². The van der Waals surface area contributed by atoms with Crippen LogP contribution in [-0.2, 0) is 13.1 Å². The molecular weight excluding hydrogens is 226 g/mol. The predicted octanol–water partition coefficient (Wildman–Crippen LogP) is 2.91. The summed E-state index contributed by atoms with van der Waals surface area (Å²) in [5, 5.41) is 8.87. The van der Waals surface area contributed by atoms with E-state index in [0.29, 0.717) is 5.56 Å². The minimum absolute atomic E-state index is 0.329. The average molecular weight is 239 g/mol. The van der Waals surface area contributed by atoms with Crippen LogP contribution in [0.15, 0.2) is 48.5 Å². The monoisotopic (exact) mass is 239 g/mol. The first-order valence-corrected chi connectivity index (χ1v) is 5.89. The lowest BCUT2D eigenvalue weighted by Crippen LogP contribution is -2.14. The third-order valence-electron chi connectivity index (χ3n) is 3.32. The minimum atomic E-state index is -0.883. The van der Waals surface area contributed by atoms with Gasteiger partial charge in [0.1, 0.15) is 0 Å². The van der Waals surface area contributed by atoms with E-state index in [9.17, 15) is 4.79 Å². The van der Waals surface area contributed by atoms with Gasteiger partial charge in [0.15, 0.2) is 0 Å². The molecule has 0 radical (unpaired) electrons. The maximum atomic E-state index is 10.8. The van der Waals surface area contributed by atoms with Crippen LogP contribution in [0.25, 0.3) is 0 Å². The summed E-state index contributed by atoms with van der Waals surface area (Å²) in [7, 11) is 0. The molecule has 2 aromatic carbocycles. The summed E-state index contributed by atoms with van der Waals surface area (Å²) in [5.74, 6) is -0.883. The SMILES string of the molecule is O=C(O)c1ccc(N2Cc3ccccc3C2)cc1. The van der Waals surface area contributed by atoms with Crippen molar-refractivity contribution in [2.24, 2.45) is 0 Å². The number of rotatable bonds is 2. The Kier molecular flexibility index (Phi) is 2.52. The molecule has 0 aromatic heterocycles. The van der Waals surface area contributed by atoms with Gasteiger partial charge in [-0.25, -0.2) is 4.79 Å². The summed E-state index contributed by atoms with van der Waals surface area (Å²) in [6.45, 7) is 1.78. The molecule has 0 fully saturated rings. The van der Waals surface area contributed by atoms with Gasteiger partial charge in [-0.1, -0.05) is 24.3 Å². The van der Waals surface area contributed by atoms with E-state index < -0.39 is 5.97 Å². The van der Waals surface area contributed by atoms with Crippen molar-refractivity contribution in [3.63, 3.8) is 0 Å². The molecule has 18 heavy (non-hydrogen) atoms. The minimum Gasteiger partial charge on any atom is -0.478 e. The number of anilines is 1. The van der Waals surface area contributed by atoms with E-state index in [0.717, 1.165) is 18.8 Å². The van der Waals surface area contributed by atoms with E-state index in [4.69, 9.17) is 5.11 Å². The first-order chi connectivity index (χ1) is 8.74. The number of carboxylic acids is 1. The molecule has 0 atom stereocenters. The molecule has 0 spiro atoms. The van der Waals surface area contributed by atoms with Gasteiger partial charge in [0.05, 0.1) is 5.56 Å². The van der Waals surface area contributed by atoms with Gasteiger partial charge < -0.3 is 10.0 Å². The largest absolute Gasteiger partial charge is 0.478 e. The molecule has 1 aliphatic heterocycles. The summed E-state index contributed by atoms with van der Waals surface area (Å²) in [6, 6.07) is 15.4. The van der Waals surface area contributed by atoms with Crippen LogP contribution in [-0.4, -0.2) is 11.1 Å². The number of hydrogen-bond donors (Lipinski definition) is 1. The zero-order valence-corrected chi connectivity index (χ0v) is 9.84. The fourth-order valence-corrected chi connectivity index (χ4v) is 2.33. The first-order valence-electron chi connectivity index (χ1n) is 5.89. The van der Waals surface area contributed by atoms with Crippen LogP contribution in [0.5, 0.6) is 0 Å². The third-order valence-corrected chi connectivity index (χ3v) is 3.32. The molecule has 2 aromatic rings. The number of hydrogen-bond acceptors (Lipinski definition) is 2. The molecule has 0 saturated carbocycles. The Morgan fingerprint density at radius 1 is 0.944 bits per heavy atom. The van der Waals surface area contributed by atoms with Crippen molar-refractivity contribution < 1.29 is 9.90 Å². The maximum Gasteiger partial charge on any atom is 0.335 e. The Bertz CT molecular complexity index is 565. The Morgan fingerprint density at radius 2 is 1.50 bits per heavy atom. The number of nitrogens with zero attached hydrogens (tertiary/aromatic N) is 1. The zero-order chi connectivity index (χ0) is 12.5. The summed E-state index contributed by atoms with van der Waals surface area (Å²) in [5.41, 5.74) is 4.09.